The number of nitrogens with zero attached hydrogens (tertiary/aromatic N) is 2. The van der Waals surface area contributed by atoms with Gasteiger partial charge in [0.1, 0.15) is 11.6 Å². The van der Waals surface area contributed by atoms with Crippen LogP contribution in [0.3, 0.4) is 0 Å². The van der Waals surface area contributed by atoms with Gasteiger partial charge < -0.3 is 14.6 Å². The fourth-order valence-corrected chi connectivity index (χ4v) is 3.14. The Labute approximate surface area is 154 Å². The van der Waals surface area contributed by atoms with Crippen molar-refractivity contribution in [2.24, 2.45) is 0 Å². The van der Waals surface area contributed by atoms with E-state index in [1.165, 1.54) is 18.1 Å². The fourth-order valence-electron chi connectivity index (χ4n) is 3.14. The zero-order chi connectivity index (χ0) is 18.5. The number of fused-ring (bicyclic) bond motifs is 1. The highest BCUT2D eigenvalue weighted by Gasteiger charge is 2.10. The second-order valence-corrected chi connectivity index (χ2v) is 6.60. The monoisotopic (exact) mass is 351 g/mol. The van der Waals surface area contributed by atoms with Crippen LogP contribution in [0.15, 0.2) is 42.5 Å². The van der Waals surface area contributed by atoms with Gasteiger partial charge in [-0.2, -0.15) is 0 Å². The molecule has 1 amide bonds. The summed E-state index contributed by atoms with van der Waals surface area (Å²) in [6.45, 7) is 7.53. The zero-order valence-electron chi connectivity index (χ0n) is 15.6. The first-order valence-electron chi connectivity index (χ1n) is 8.92. The summed E-state index contributed by atoms with van der Waals surface area (Å²) >= 11 is 0. The maximum absolute atomic E-state index is 11.2. The quantitative estimate of drug-likeness (QED) is 0.660. The van der Waals surface area contributed by atoms with E-state index in [-0.39, 0.29) is 5.91 Å². The fraction of sp³-hybridized carbons (Fsp3) is 0.333. The summed E-state index contributed by atoms with van der Waals surface area (Å²) in [4.78, 5) is 15.9. The minimum Gasteiger partial charge on any atom is -0.494 e. The van der Waals surface area contributed by atoms with Crippen LogP contribution < -0.4 is 10.1 Å². The Bertz CT molecular complexity index is 895. The summed E-state index contributed by atoms with van der Waals surface area (Å²) in [7, 11) is 0. The second-order valence-electron chi connectivity index (χ2n) is 6.60. The average Bonchev–Trinajstić information content (AvgIpc) is 2.94. The van der Waals surface area contributed by atoms with Gasteiger partial charge in [-0.25, -0.2) is 4.98 Å². The molecule has 3 aromatic rings. The first kappa shape index (κ1) is 18.0. The van der Waals surface area contributed by atoms with Crippen LogP contribution in [-0.2, 0) is 17.9 Å². The molecule has 136 valence electrons. The van der Waals surface area contributed by atoms with Crippen LogP contribution in [0.1, 0.15) is 30.3 Å². The van der Waals surface area contributed by atoms with Gasteiger partial charge in [0.15, 0.2) is 0 Å². The van der Waals surface area contributed by atoms with Crippen molar-refractivity contribution in [2.45, 2.75) is 40.3 Å². The Morgan fingerprint density at radius 1 is 1.15 bits per heavy atom. The molecule has 0 saturated carbocycles. The van der Waals surface area contributed by atoms with Crippen LogP contribution in [0.2, 0.25) is 0 Å². The first-order valence-corrected chi connectivity index (χ1v) is 8.92. The van der Waals surface area contributed by atoms with Crippen molar-refractivity contribution in [3.8, 4) is 5.75 Å². The molecule has 0 atom stereocenters. The number of nitrogens with one attached hydrogen (secondary N) is 1. The highest BCUT2D eigenvalue weighted by atomic mass is 16.5. The van der Waals surface area contributed by atoms with Gasteiger partial charge in [0.25, 0.3) is 0 Å². The van der Waals surface area contributed by atoms with E-state index in [9.17, 15) is 4.79 Å². The van der Waals surface area contributed by atoms with Crippen LogP contribution in [-0.4, -0.2) is 22.1 Å². The Balaban J connectivity index is 1.67. The molecule has 5 nitrogen and oxygen atoms in total. The SMILES string of the molecule is CC(=O)NCc1nc2ccccc2n1CCCOc1cc(C)cc(C)c1. The van der Waals surface area contributed by atoms with E-state index >= 15 is 0 Å². The van der Waals surface area contributed by atoms with Crippen molar-refractivity contribution in [3.63, 3.8) is 0 Å². The minimum absolute atomic E-state index is 0.0539. The molecule has 0 spiro atoms. The van der Waals surface area contributed by atoms with E-state index in [1.54, 1.807) is 0 Å². The normalized spacial score (nSPS) is 10.9. The van der Waals surface area contributed by atoms with Crippen LogP contribution in [0, 0.1) is 13.8 Å². The molecule has 0 aliphatic carbocycles. The molecule has 0 aliphatic heterocycles. The Hall–Kier alpha value is -2.82. The molecule has 1 aromatic heterocycles. The molecule has 0 bridgehead atoms. The van der Waals surface area contributed by atoms with Crippen LogP contribution in [0.4, 0.5) is 0 Å². The lowest BCUT2D eigenvalue weighted by molar-refractivity contribution is -0.119. The highest BCUT2D eigenvalue weighted by Crippen LogP contribution is 2.18. The maximum Gasteiger partial charge on any atom is 0.217 e. The zero-order valence-corrected chi connectivity index (χ0v) is 15.6. The molecule has 2 aromatic carbocycles. The molecule has 0 unspecified atom stereocenters. The molecule has 3 rings (SSSR count). The van der Waals surface area contributed by atoms with Gasteiger partial charge >= 0.3 is 0 Å². The summed E-state index contributed by atoms with van der Waals surface area (Å²) in [5.41, 5.74) is 4.44. The number of para-hydroxylation sites is 2. The number of hydrogen-bond acceptors (Lipinski definition) is 3. The molecule has 26 heavy (non-hydrogen) atoms. The summed E-state index contributed by atoms with van der Waals surface area (Å²) in [5.74, 6) is 1.73. The molecule has 0 radical (unpaired) electrons. The number of aromatic nitrogens is 2. The molecule has 0 aliphatic rings. The molecule has 5 heteroatoms. The maximum atomic E-state index is 11.2. The van der Waals surface area contributed by atoms with Gasteiger partial charge in [-0.05, 0) is 55.7 Å². The van der Waals surface area contributed by atoms with Gasteiger partial charge in [-0.1, -0.05) is 18.2 Å². The molecular weight excluding hydrogens is 326 g/mol. The third kappa shape index (κ3) is 4.42. The summed E-state index contributed by atoms with van der Waals surface area (Å²) in [5, 5.41) is 2.84. The smallest absolute Gasteiger partial charge is 0.217 e. The highest BCUT2D eigenvalue weighted by molar-refractivity contribution is 5.76. The summed E-state index contributed by atoms with van der Waals surface area (Å²) in [6.07, 6.45) is 0.862. The molecular formula is C21H25N3O2. The lowest BCUT2D eigenvalue weighted by Gasteiger charge is -2.11. The molecule has 0 saturated heterocycles. The van der Waals surface area contributed by atoms with Gasteiger partial charge in [0.05, 0.1) is 24.2 Å². The number of hydrogen-bond donors (Lipinski definition) is 1. The third-order valence-corrected chi connectivity index (χ3v) is 4.22. The Morgan fingerprint density at radius 2 is 1.88 bits per heavy atom. The Kier molecular flexibility index (Phi) is 5.56. The number of carbonyl (C=O) groups excluding carboxylic acids is 1. The lowest BCUT2D eigenvalue weighted by Crippen LogP contribution is -2.22. The first-order chi connectivity index (χ1) is 12.5. The minimum atomic E-state index is -0.0539. The van der Waals surface area contributed by atoms with E-state index in [0.29, 0.717) is 13.2 Å². The van der Waals surface area contributed by atoms with Gasteiger partial charge in [-0.15, -0.1) is 0 Å². The summed E-state index contributed by atoms with van der Waals surface area (Å²) in [6, 6.07) is 14.3. The van der Waals surface area contributed by atoms with Crippen molar-refractivity contribution in [1.82, 2.24) is 14.9 Å². The van der Waals surface area contributed by atoms with Gasteiger partial charge in [-0.3, -0.25) is 4.79 Å². The third-order valence-electron chi connectivity index (χ3n) is 4.22. The number of aryl methyl sites for hydroxylation is 3. The van der Waals surface area contributed by atoms with E-state index in [0.717, 1.165) is 35.6 Å². The molecule has 0 fully saturated rings. The van der Waals surface area contributed by atoms with Crippen LogP contribution in [0.25, 0.3) is 11.0 Å². The molecule has 1 heterocycles. The van der Waals surface area contributed by atoms with Crippen LogP contribution >= 0.6 is 0 Å². The average molecular weight is 351 g/mol. The number of ether oxygens (including phenoxy) is 1. The topological polar surface area (TPSA) is 56.2 Å². The largest absolute Gasteiger partial charge is 0.494 e. The number of amides is 1. The lowest BCUT2D eigenvalue weighted by atomic mass is 10.1. The predicted molar refractivity (Wildman–Crippen MR) is 103 cm³/mol. The van der Waals surface area contributed by atoms with Crippen molar-refractivity contribution in [1.29, 1.82) is 0 Å². The second kappa shape index (κ2) is 8.04. The van der Waals surface area contributed by atoms with Gasteiger partial charge in [0, 0.05) is 13.5 Å². The van der Waals surface area contributed by atoms with E-state index in [4.69, 9.17) is 4.74 Å². The van der Waals surface area contributed by atoms with Crippen molar-refractivity contribution >= 4 is 16.9 Å². The summed E-state index contributed by atoms with van der Waals surface area (Å²) < 4.78 is 8.08. The molecule has 1 N–H and O–H groups in total. The van der Waals surface area contributed by atoms with E-state index < -0.39 is 0 Å². The number of imidazole rings is 1. The van der Waals surface area contributed by atoms with Crippen molar-refractivity contribution in [3.05, 3.63) is 59.4 Å². The number of carbonyl (C=O) groups is 1. The van der Waals surface area contributed by atoms with Crippen molar-refractivity contribution in [2.75, 3.05) is 6.61 Å². The number of rotatable bonds is 7. The van der Waals surface area contributed by atoms with Crippen LogP contribution in [0.5, 0.6) is 5.75 Å². The van der Waals surface area contributed by atoms with Gasteiger partial charge in [0.2, 0.25) is 5.91 Å². The van der Waals surface area contributed by atoms with Crippen molar-refractivity contribution < 1.29 is 9.53 Å². The van der Waals surface area contributed by atoms with E-state index in [1.807, 2.05) is 18.2 Å². The Morgan fingerprint density at radius 3 is 2.62 bits per heavy atom. The standard InChI is InChI=1S/C21H25N3O2/c1-15-11-16(2)13-18(12-15)26-10-6-9-24-20-8-5-4-7-19(20)23-21(24)14-22-17(3)25/h4-5,7-8,11-13H,6,9-10,14H2,1-3H3,(H,22,25). The predicted octanol–water partition coefficient (Wildman–Crippen LogP) is 3.76. The number of benzene rings is 2. The van der Waals surface area contributed by atoms with E-state index in [2.05, 4.69) is 53.0 Å².